The van der Waals surface area contributed by atoms with Crippen molar-refractivity contribution in [1.29, 1.82) is 0 Å². The Morgan fingerprint density at radius 3 is 1.79 bits per heavy atom. The van der Waals surface area contributed by atoms with Gasteiger partial charge in [-0.25, -0.2) is 0 Å². The summed E-state index contributed by atoms with van der Waals surface area (Å²) in [5.41, 5.74) is 6.14. The average molecular weight is 261 g/mol. The lowest BCUT2D eigenvalue weighted by atomic mass is 9.89. The van der Waals surface area contributed by atoms with Gasteiger partial charge < -0.3 is 10.4 Å². The molecule has 0 atom stereocenters. The van der Waals surface area contributed by atoms with Crippen molar-refractivity contribution in [3.05, 3.63) is 33.4 Å². The van der Waals surface area contributed by atoms with Crippen molar-refractivity contribution in [3.63, 3.8) is 0 Å². The molecule has 0 spiro atoms. The number of aliphatic hydroxyl groups excluding tert-OH is 1. The molecule has 0 aromatic heterocycles. The molecule has 1 aliphatic rings. The topological polar surface area (TPSA) is 49.3 Å². The van der Waals surface area contributed by atoms with E-state index in [4.69, 9.17) is 0 Å². The smallest absolute Gasteiger partial charge is 0.252 e. The normalized spacial score (nSPS) is 16.3. The van der Waals surface area contributed by atoms with Gasteiger partial charge in [0, 0.05) is 5.56 Å². The summed E-state index contributed by atoms with van der Waals surface area (Å²) in [5, 5.41) is 12.3. The lowest BCUT2D eigenvalue weighted by Crippen LogP contribution is -2.40. The van der Waals surface area contributed by atoms with Crippen LogP contribution in [-0.2, 0) is 0 Å². The van der Waals surface area contributed by atoms with Gasteiger partial charge in [0.25, 0.3) is 5.91 Å². The van der Waals surface area contributed by atoms with E-state index >= 15 is 0 Å². The second-order valence-electron chi connectivity index (χ2n) is 5.89. The van der Waals surface area contributed by atoms with Crippen LogP contribution in [0.15, 0.2) is 0 Å². The standard InChI is InChI=1S/C16H23NO2/c1-9-10(2)12(4)14(13(5)11(9)3)15(19)17-16(8-18)6-7-16/h18H,6-8H2,1-5H3,(H,17,19). The van der Waals surface area contributed by atoms with Crippen molar-refractivity contribution in [2.75, 3.05) is 6.61 Å². The molecule has 1 aliphatic carbocycles. The predicted molar refractivity (Wildman–Crippen MR) is 76.6 cm³/mol. The van der Waals surface area contributed by atoms with Crippen molar-refractivity contribution in [3.8, 4) is 0 Å². The molecule has 0 aliphatic heterocycles. The van der Waals surface area contributed by atoms with Crippen molar-refractivity contribution in [1.82, 2.24) is 5.32 Å². The van der Waals surface area contributed by atoms with Crippen LogP contribution in [0, 0.1) is 34.6 Å². The zero-order chi connectivity index (χ0) is 14.4. The fourth-order valence-corrected chi connectivity index (χ4v) is 2.62. The van der Waals surface area contributed by atoms with E-state index in [9.17, 15) is 9.90 Å². The summed E-state index contributed by atoms with van der Waals surface area (Å²) in [6.45, 7) is 10.3. The third-order valence-electron chi connectivity index (χ3n) is 4.76. The van der Waals surface area contributed by atoms with Gasteiger partial charge in [-0.3, -0.25) is 4.79 Å². The van der Waals surface area contributed by atoms with Crippen LogP contribution in [0.4, 0.5) is 0 Å². The van der Waals surface area contributed by atoms with E-state index in [1.165, 1.54) is 16.7 Å². The summed E-state index contributed by atoms with van der Waals surface area (Å²) in [4.78, 5) is 12.5. The highest BCUT2D eigenvalue weighted by Crippen LogP contribution is 2.35. The van der Waals surface area contributed by atoms with Gasteiger partial charge in [-0.1, -0.05) is 0 Å². The number of hydrogen-bond acceptors (Lipinski definition) is 2. The monoisotopic (exact) mass is 261 g/mol. The van der Waals surface area contributed by atoms with Gasteiger partial charge in [0.2, 0.25) is 0 Å². The molecular weight excluding hydrogens is 238 g/mol. The average Bonchev–Trinajstić information content (AvgIpc) is 3.14. The van der Waals surface area contributed by atoms with E-state index in [0.717, 1.165) is 29.5 Å². The molecule has 3 nitrogen and oxygen atoms in total. The molecular formula is C16H23NO2. The second kappa shape index (κ2) is 4.64. The number of rotatable bonds is 3. The number of hydrogen-bond donors (Lipinski definition) is 2. The third-order valence-corrected chi connectivity index (χ3v) is 4.76. The molecule has 1 saturated carbocycles. The van der Waals surface area contributed by atoms with E-state index in [1.807, 2.05) is 13.8 Å². The summed E-state index contributed by atoms with van der Waals surface area (Å²) in [6.07, 6.45) is 1.74. The summed E-state index contributed by atoms with van der Waals surface area (Å²) >= 11 is 0. The SMILES string of the molecule is Cc1c(C)c(C)c(C(=O)NC2(CO)CC2)c(C)c1C. The van der Waals surface area contributed by atoms with Gasteiger partial charge in [0.1, 0.15) is 0 Å². The van der Waals surface area contributed by atoms with Crippen LogP contribution >= 0.6 is 0 Å². The maximum Gasteiger partial charge on any atom is 0.252 e. The Morgan fingerprint density at radius 1 is 1.00 bits per heavy atom. The first kappa shape index (κ1) is 14.1. The van der Waals surface area contributed by atoms with Gasteiger partial charge in [-0.2, -0.15) is 0 Å². The van der Waals surface area contributed by atoms with Crippen molar-refractivity contribution < 1.29 is 9.90 Å². The zero-order valence-electron chi connectivity index (χ0n) is 12.5. The number of benzene rings is 1. The van der Waals surface area contributed by atoms with E-state index in [2.05, 4.69) is 26.1 Å². The Bertz CT molecular complexity index is 513. The Kier molecular flexibility index (Phi) is 3.43. The van der Waals surface area contributed by atoms with Crippen LogP contribution in [0.1, 0.15) is 51.0 Å². The molecule has 0 bridgehead atoms. The minimum Gasteiger partial charge on any atom is -0.394 e. The van der Waals surface area contributed by atoms with E-state index in [1.54, 1.807) is 0 Å². The molecule has 2 rings (SSSR count). The molecule has 0 heterocycles. The maximum absolute atomic E-state index is 12.5. The largest absolute Gasteiger partial charge is 0.394 e. The molecule has 0 unspecified atom stereocenters. The Hall–Kier alpha value is -1.35. The maximum atomic E-state index is 12.5. The molecule has 0 radical (unpaired) electrons. The number of amides is 1. The first-order valence-corrected chi connectivity index (χ1v) is 6.83. The highest BCUT2D eigenvalue weighted by molar-refractivity contribution is 5.98. The van der Waals surface area contributed by atoms with Crippen LogP contribution in [0.25, 0.3) is 0 Å². The lowest BCUT2D eigenvalue weighted by molar-refractivity contribution is 0.0905. The molecule has 1 aromatic rings. The van der Waals surface area contributed by atoms with Crippen molar-refractivity contribution >= 4 is 5.91 Å². The lowest BCUT2D eigenvalue weighted by Gasteiger charge is -2.21. The Balaban J connectivity index is 2.42. The molecule has 1 aromatic carbocycles. The fourth-order valence-electron chi connectivity index (χ4n) is 2.62. The van der Waals surface area contributed by atoms with Crippen LogP contribution in [-0.4, -0.2) is 23.2 Å². The zero-order valence-corrected chi connectivity index (χ0v) is 12.5. The number of carbonyl (C=O) groups is 1. The van der Waals surface area contributed by atoms with Gasteiger partial charge in [-0.15, -0.1) is 0 Å². The molecule has 19 heavy (non-hydrogen) atoms. The highest BCUT2D eigenvalue weighted by atomic mass is 16.3. The summed E-state index contributed by atoms with van der Waals surface area (Å²) in [5.74, 6) is -0.0484. The van der Waals surface area contributed by atoms with E-state index < -0.39 is 0 Å². The number of aliphatic hydroxyl groups is 1. The summed E-state index contributed by atoms with van der Waals surface area (Å²) < 4.78 is 0. The van der Waals surface area contributed by atoms with Crippen LogP contribution < -0.4 is 5.32 Å². The predicted octanol–water partition coefficient (Wildman–Crippen LogP) is 2.48. The van der Waals surface area contributed by atoms with Crippen molar-refractivity contribution in [2.24, 2.45) is 0 Å². The quantitative estimate of drug-likeness (QED) is 0.878. The molecule has 3 heteroatoms. The molecule has 1 fully saturated rings. The minimum atomic E-state index is -0.358. The molecule has 0 saturated heterocycles. The molecule has 1 amide bonds. The van der Waals surface area contributed by atoms with Crippen LogP contribution in [0.3, 0.4) is 0 Å². The first-order valence-electron chi connectivity index (χ1n) is 6.83. The first-order chi connectivity index (χ1) is 8.83. The highest BCUT2D eigenvalue weighted by Gasteiger charge is 2.43. The van der Waals surface area contributed by atoms with Gasteiger partial charge in [0.15, 0.2) is 0 Å². The van der Waals surface area contributed by atoms with E-state index in [-0.39, 0.29) is 18.1 Å². The fraction of sp³-hybridized carbons (Fsp3) is 0.562. The van der Waals surface area contributed by atoms with Gasteiger partial charge >= 0.3 is 0 Å². The summed E-state index contributed by atoms with van der Waals surface area (Å²) in [7, 11) is 0. The molecule has 2 N–H and O–H groups in total. The second-order valence-corrected chi connectivity index (χ2v) is 5.89. The van der Waals surface area contributed by atoms with Crippen LogP contribution in [0.5, 0.6) is 0 Å². The van der Waals surface area contributed by atoms with Crippen LogP contribution in [0.2, 0.25) is 0 Å². The Labute approximate surface area is 115 Å². The number of nitrogens with one attached hydrogen (secondary N) is 1. The molecule has 104 valence electrons. The van der Waals surface area contributed by atoms with Crippen molar-refractivity contribution in [2.45, 2.75) is 53.0 Å². The number of carbonyl (C=O) groups excluding carboxylic acids is 1. The third kappa shape index (κ3) is 2.27. The minimum absolute atomic E-state index is 0.0284. The van der Waals surface area contributed by atoms with Gasteiger partial charge in [0.05, 0.1) is 12.1 Å². The van der Waals surface area contributed by atoms with Gasteiger partial charge in [-0.05, 0) is 75.3 Å². The Morgan fingerprint density at radius 2 is 1.42 bits per heavy atom. The summed E-state index contributed by atoms with van der Waals surface area (Å²) in [6, 6.07) is 0. The van der Waals surface area contributed by atoms with E-state index in [0.29, 0.717) is 0 Å².